The number of hydrogen-bond donors (Lipinski definition) is 2. The van der Waals surface area contributed by atoms with Gasteiger partial charge in [-0.3, -0.25) is 9.59 Å². The number of ether oxygens (including phenoxy) is 1. The number of phenolic OH excluding ortho intramolecular Hbond substituents is 1. The molecule has 1 aliphatic heterocycles. The normalized spacial score (nSPS) is 17.7. The van der Waals surface area contributed by atoms with Crippen LogP contribution in [0.4, 0.5) is 0 Å². The molecule has 0 radical (unpaired) electrons. The standard InChI is InChI=1S/C24H20ClNO6/c1-2-31-19-12-15(7-10-18(19)27)21-20(22(28)14-5-8-16(25)9-6-14)23(29)24(30)26(21)13-17-4-3-11-32-17/h3-12,21,27-28H,2,13H2,1H3/b22-20+. The van der Waals surface area contributed by atoms with Gasteiger partial charge in [0.2, 0.25) is 0 Å². The van der Waals surface area contributed by atoms with Gasteiger partial charge in [0.15, 0.2) is 11.5 Å². The van der Waals surface area contributed by atoms with Crippen molar-refractivity contribution >= 4 is 29.1 Å². The largest absolute Gasteiger partial charge is 0.507 e. The molecule has 1 unspecified atom stereocenters. The lowest BCUT2D eigenvalue weighted by Gasteiger charge is -2.25. The number of aliphatic hydroxyl groups is 1. The van der Waals surface area contributed by atoms with E-state index in [0.717, 1.165) is 0 Å². The summed E-state index contributed by atoms with van der Waals surface area (Å²) in [5.74, 6) is -1.30. The van der Waals surface area contributed by atoms with E-state index in [2.05, 4.69) is 0 Å². The van der Waals surface area contributed by atoms with E-state index in [4.69, 9.17) is 20.8 Å². The molecule has 1 aromatic heterocycles. The zero-order valence-corrected chi connectivity index (χ0v) is 17.9. The van der Waals surface area contributed by atoms with Crippen molar-refractivity contribution in [1.29, 1.82) is 0 Å². The number of rotatable bonds is 6. The van der Waals surface area contributed by atoms with Gasteiger partial charge in [-0.25, -0.2) is 0 Å². The highest BCUT2D eigenvalue weighted by atomic mass is 35.5. The number of halogens is 1. The van der Waals surface area contributed by atoms with E-state index in [-0.39, 0.29) is 29.4 Å². The lowest BCUT2D eigenvalue weighted by atomic mass is 9.95. The Kier molecular flexibility index (Phi) is 5.92. The number of ketones is 1. The average molecular weight is 454 g/mol. The first-order chi connectivity index (χ1) is 15.4. The number of Topliss-reactive ketones (excluding diaryl/α,β-unsaturated/α-hetero) is 1. The van der Waals surface area contributed by atoms with Crippen LogP contribution in [0.1, 0.15) is 29.9 Å². The molecule has 164 valence electrons. The summed E-state index contributed by atoms with van der Waals surface area (Å²) in [7, 11) is 0. The van der Waals surface area contributed by atoms with Crippen molar-refractivity contribution in [1.82, 2.24) is 4.90 Å². The molecule has 2 aromatic carbocycles. The van der Waals surface area contributed by atoms with Crippen LogP contribution in [0.5, 0.6) is 11.5 Å². The molecule has 0 bridgehead atoms. The first-order valence-corrected chi connectivity index (χ1v) is 10.3. The van der Waals surface area contributed by atoms with E-state index in [9.17, 15) is 19.8 Å². The maximum absolute atomic E-state index is 13.0. The maximum Gasteiger partial charge on any atom is 0.296 e. The highest BCUT2D eigenvalue weighted by molar-refractivity contribution is 6.46. The average Bonchev–Trinajstić information content (AvgIpc) is 3.38. The lowest BCUT2D eigenvalue weighted by molar-refractivity contribution is -0.140. The fraction of sp³-hybridized carbons (Fsp3) is 0.167. The lowest BCUT2D eigenvalue weighted by Crippen LogP contribution is -2.29. The molecule has 1 amide bonds. The van der Waals surface area contributed by atoms with Crippen molar-refractivity contribution in [2.45, 2.75) is 19.5 Å². The Morgan fingerprint density at radius 3 is 2.56 bits per heavy atom. The van der Waals surface area contributed by atoms with E-state index in [0.29, 0.717) is 28.5 Å². The summed E-state index contributed by atoms with van der Waals surface area (Å²) >= 11 is 5.94. The second-order valence-electron chi connectivity index (χ2n) is 7.17. The summed E-state index contributed by atoms with van der Waals surface area (Å²) in [6.45, 7) is 2.11. The topological polar surface area (TPSA) is 100 Å². The molecule has 1 fully saturated rings. The number of nitrogens with zero attached hydrogens (tertiary/aromatic N) is 1. The number of aromatic hydroxyl groups is 1. The Morgan fingerprint density at radius 1 is 1.16 bits per heavy atom. The van der Waals surface area contributed by atoms with Crippen LogP contribution in [0.2, 0.25) is 5.02 Å². The zero-order valence-electron chi connectivity index (χ0n) is 17.1. The molecular formula is C24H20ClNO6. The number of likely N-dealkylation sites (tertiary alicyclic amines) is 1. The predicted molar refractivity (Wildman–Crippen MR) is 117 cm³/mol. The van der Waals surface area contributed by atoms with Gasteiger partial charge in [0.1, 0.15) is 11.5 Å². The van der Waals surface area contributed by atoms with Gasteiger partial charge in [0.05, 0.1) is 31.0 Å². The van der Waals surface area contributed by atoms with Crippen LogP contribution in [-0.2, 0) is 16.1 Å². The number of aliphatic hydroxyl groups excluding tert-OH is 1. The molecule has 0 spiro atoms. The third-order valence-corrected chi connectivity index (χ3v) is 5.42. The van der Waals surface area contributed by atoms with E-state index in [1.807, 2.05) is 0 Å². The SMILES string of the molecule is CCOc1cc(C2/C(=C(\O)c3ccc(Cl)cc3)C(=O)C(=O)N2Cc2ccco2)ccc1O. The number of carbonyl (C=O) groups excluding carboxylic acids is 2. The second-order valence-corrected chi connectivity index (χ2v) is 7.61. The fourth-order valence-electron chi connectivity index (χ4n) is 3.70. The van der Waals surface area contributed by atoms with Crippen LogP contribution in [0.3, 0.4) is 0 Å². The number of hydrogen-bond acceptors (Lipinski definition) is 6. The molecule has 8 heteroatoms. The van der Waals surface area contributed by atoms with Gasteiger partial charge in [-0.2, -0.15) is 0 Å². The van der Waals surface area contributed by atoms with Crippen molar-refractivity contribution in [3.8, 4) is 11.5 Å². The summed E-state index contributed by atoms with van der Waals surface area (Å²) in [5, 5.41) is 21.6. The van der Waals surface area contributed by atoms with Gasteiger partial charge in [-0.1, -0.05) is 17.7 Å². The first-order valence-electron chi connectivity index (χ1n) is 9.93. The summed E-state index contributed by atoms with van der Waals surface area (Å²) in [5.41, 5.74) is 0.767. The van der Waals surface area contributed by atoms with Gasteiger partial charge in [-0.15, -0.1) is 0 Å². The Hall–Kier alpha value is -3.71. The van der Waals surface area contributed by atoms with Crippen molar-refractivity contribution < 1.29 is 29.0 Å². The monoisotopic (exact) mass is 453 g/mol. The molecule has 0 aliphatic carbocycles. The van der Waals surface area contributed by atoms with Crippen LogP contribution >= 0.6 is 11.6 Å². The van der Waals surface area contributed by atoms with Crippen LogP contribution in [0, 0.1) is 0 Å². The molecule has 7 nitrogen and oxygen atoms in total. The molecule has 3 aromatic rings. The molecule has 0 saturated carbocycles. The Balaban J connectivity index is 1.88. The number of phenols is 1. The highest BCUT2D eigenvalue weighted by Gasteiger charge is 2.46. The Labute approximate surface area is 189 Å². The molecule has 1 aliphatic rings. The quantitative estimate of drug-likeness (QED) is 0.320. The summed E-state index contributed by atoms with van der Waals surface area (Å²) < 4.78 is 10.9. The van der Waals surface area contributed by atoms with Gasteiger partial charge in [0, 0.05) is 10.6 Å². The van der Waals surface area contributed by atoms with Crippen LogP contribution in [0.25, 0.3) is 5.76 Å². The minimum absolute atomic E-state index is 0.0183. The Bertz CT molecular complexity index is 1180. The van der Waals surface area contributed by atoms with Gasteiger partial charge in [-0.05, 0) is 61.0 Å². The number of benzene rings is 2. The highest BCUT2D eigenvalue weighted by Crippen LogP contribution is 2.42. The minimum atomic E-state index is -0.921. The van der Waals surface area contributed by atoms with Crippen molar-refractivity contribution in [2.24, 2.45) is 0 Å². The third kappa shape index (κ3) is 3.94. The zero-order chi connectivity index (χ0) is 22.8. The minimum Gasteiger partial charge on any atom is -0.507 e. The van der Waals surface area contributed by atoms with Crippen LogP contribution in [-0.4, -0.2) is 33.4 Å². The predicted octanol–water partition coefficient (Wildman–Crippen LogP) is 4.66. The van der Waals surface area contributed by atoms with E-state index in [1.165, 1.54) is 17.2 Å². The third-order valence-electron chi connectivity index (χ3n) is 5.16. The van der Waals surface area contributed by atoms with Gasteiger partial charge >= 0.3 is 0 Å². The fourth-order valence-corrected chi connectivity index (χ4v) is 3.82. The smallest absolute Gasteiger partial charge is 0.296 e. The van der Waals surface area contributed by atoms with Crippen LogP contribution < -0.4 is 4.74 Å². The van der Waals surface area contributed by atoms with E-state index >= 15 is 0 Å². The molecular weight excluding hydrogens is 434 g/mol. The molecule has 32 heavy (non-hydrogen) atoms. The Morgan fingerprint density at radius 2 is 1.91 bits per heavy atom. The summed E-state index contributed by atoms with van der Waals surface area (Å²) in [6.07, 6.45) is 1.47. The van der Waals surface area contributed by atoms with Gasteiger partial charge < -0.3 is 24.3 Å². The number of furan rings is 1. The van der Waals surface area contributed by atoms with Crippen LogP contribution in [0.15, 0.2) is 70.9 Å². The summed E-state index contributed by atoms with van der Waals surface area (Å²) in [6, 6.07) is 13.3. The summed E-state index contributed by atoms with van der Waals surface area (Å²) in [4.78, 5) is 27.3. The van der Waals surface area contributed by atoms with E-state index < -0.39 is 17.7 Å². The molecule has 1 saturated heterocycles. The second kappa shape index (κ2) is 8.80. The number of carbonyl (C=O) groups is 2. The maximum atomic E-state index is 13.0. The van der Waals surface area contributed by atoms with Crippen molar-refractivity contribution in [3.63, 3.8) is 0 Å². The molecule has 2 heterocycles. The van der Waals surface area contributed by atoms with Crippen molar-refractivity contribution in [3.05, 3.63) is 88.3 Å². The molecule has 2 N–H and O–H groups in total. The van der Waals surface area contributed by atoms with E-state index in [1.54, 1.807) is 55.5 Å². The first kappa shape index (κ1) is 21.5. The number of amides is 1. The molecule has 1 atom stereocenters. The van der Waals surface area contributed by atoms with Gasteiger partial charge in [0.25, 0.3) is 11.7 Å². The molecule has 4 rings (SSSR count). The van der Waals surface area contributed by atoms with Crippen molar-refractivity contribution in [2.75, 3.05) is 6.61 Å².